The van der Waals surface area contributed by atoms with Crippen molar-refractivity contribution in [2.75, 3.05) is 39.0 Å². The standard InChI is InChI=1S/C14H21N3O3S/c1-16(2)14(18)11-15-12-6-5-7-13(10-12)21(19,20)17-8-3-4-9-17/h5-7,10,15H,3-4,8-9,11H2,1-2H3. The molecule has 0 aliphatic carbocycles. The van der Waals surface area contributed by atoms with Gasteiger partial charge < -0.3 is 10.2 Å². The number of anilines is 1. The highest BCUT2D eigenvalue weighted by Gasteiger charge is 2.27. The summed E-state index contributed by atoms with van der Waals surface area (Å²) in [5.74, 6) is -0.0668. The summed E-state index contributed by atoms with van der Waals surface area (Å²) in [4.78, 5) is 13.3. The second-order valence-electron chi connectivity index (χ2n) is 5.28. The van der Waals surface area contributed by atoms with Gasteiger partial charge in [-0.05, 0) is 31.0 Å². The summed E-state index contributed by atoms with van der Waals surface area (Å²) in [5, 5.41) is 2.95. The molecule has 0 aromatic heterocycles. The van der Waals surface area contributed by atoms with E-state index in [0.29, 0.717) is 18.8 Å². The lowest BCUT2D eigenvalue weighted by atomic mass is 10.3. The first-order chi connectivity index (χ1) is 9.91. The van der Waals surface area contributed by atoms with E-state index in [9.17, 15) is 13.2 Å². The molecule has 0 bridgehead atoms. The summed E-state index contributed by atoms with van der Waals surface area (Å²) in [7, 11) is -0.0604. The third-order valence-corrected chi connectivity index (χ3v) is 5.37. The zero-order valence-electron chi connectivity index (χ0n) is 12.4. The molecule has 116 valence electrons. The van der Waals surface area contributed by atoms with Gasteiger partial charge in [-0.2, -0.15) is 4.31 Å². The molecule has 1 amide bonds. The van der Waals surface area contributed by atoms with Crippen LogP contribution in [0.1, 0.15) is 12.8 Å². The van der Waals surface area contributed by atoms with E-state index in [4.69, 9.17) is 0 Å². The second kappa shape index (κ2) is 6.44. The fourth-order valence-electron chi connectivity index (χ4n) is 2.18. The topological polar surface area (TPSA) is 69.7 Å². The molecule has 0 spiro atoms. The third-order valence-electron chi connectivity index (χ3n) is 3.48. The van der Waals surface area contributed by atoms with Crippen molar-refractivity contribution in [1.82, 2.24) is 9.21 Å². The first kappa shape index (κ1) is 15.8. The van der Waals surface area contributed by atoms with Crippen LogP contribution >= 0.6 is 0 Å². The maximum atomic E-state index is 12.5. The quantitative estimate of drug-likeness (QED) is 0.880. The Bertz CT molecular complexity index is 608. The number of carbonyl (C=O) groups excluding carboxylic acids is 1. The predicted octanol–water partition coefficient (Wildman–Crippen LogP) is 0.971. The highest BCUT2D eigenvalue weighted by Crippen LogP contribution is 2.22. The van der Waals surface area contributed by atoms with Gasteiger partial charge in [-0.3, -0.25) is 4.79 Å². The highest BCUT2D eigenvalue weighted by molar-refractivity contribution is 7.89. The lowest BCUT2D eigenvalue weighted by Crippen LogP contribution is -2.29. The average molecular weight is 311 g/mol. The van der Waals surface area contributed by atoms with Crippen molar-refractivity contribution in [1.29, 1.82) is 0 Å². The zero-order chi connectivity index (χ0) is 15.5. The van der Waals surface area contributed by atoms with Crippen molar-refractivity contribution in [3.63, 3.8) is 0 Å². The Balaban J connectivity index is 2.12. The second-order valence-corrected chi connectivity index (χ2v) is 7.22. The molecule has 21 heavy (non-hydrogen) atoms. The molecule has 1 aromatic carbocycles. The van der Waals surface area contributed by atoms with Gasteiger partial charge in [0.25, 0.3) is 0 Å². The molecule has 7 heteroatoms. The molecule has 0 atom stereocenters. The summed E-state index contributed by atoms with van der Waals surface area (Å²) in [6.45, 7) is 1.30. The monoisotopic (exact) mass is 311 g/mol. The summed E-state index contributed by atoms with van der Waals surface area (Å²) in [5.41, 5.74) is 0.630. The zero-order valence-corrected chi connectivity index (χ0v) is 13.2. The van der Waals surface area contributed by atoms with E-state index in [2.05, 4.69) is 5.32 Å². The first-order valence-electron chi connectivity index (χ1n) is 6.95. The molecule has 1 aliphatic heterocycles. The molecule has 1 aromatic rings. The number of nitrogens with zero attached hydrogens (tertiary/aromatic N) is 2. The maximum Gasteiger partial charge on any atom is 0.243 e. The van der Waals surface area contributed by atoms with Crippen molar-refractivity contribution >= 4 is 21.6 Å². The summed E-state index contributed by atoms with van der Waals surface area (Å²) < 4.78 is 26.4. The van der Waals surface area contributed by atoms with Gasteiger partial charge in [0.1, 0.15) is 0 Å². The van der Waals surface area contributed by atoms with Crippen molar-refractivity contribution in [3.8, 4) is 0 Å². The van der Waals surface area contributed by atoms with Crippen LogP contribution in [0.15, 0.2) is 29.2 Å². The van der Waals surface area contributed by atoms with Gasteiger partial charge in [-0.25, -0.2) is 8.42 Å². The maximum absolute atomic E-state index is 12.5. The van der Waals surface area contributed by atoms with E-state index >= 15 is 0 Å². The first-order valence-corrected chi connectivity index (χ1v) is 8.39. The predicted molar refractivity (Wildman–Crippen MR) is 81.6 cm³/mol. The molecule has 0 unspecified atom stereocenters. The Labute approximate surface area is 125 Å². The molecule has 0 radical (unpaired) electrons. The summed E-state index contributed by atoms with van der Waals surface area (Å²) in [6, 6.07) is 6.61. The lowest BCUT2D eigenvalue weighted by Gasteiger charge is -2.16. The van der Waals surface area contributed by atoms with Crippen LogP contribution in [-0.2, 0) is 14.8 Å². The Kier molecular flexibility index (Phi) is 4.84. The van der Waals surface area contributed by atoms with Crippen molar-refractivity contribution in [3.05, 3.63) is 24.3 Å². The average Bonchev–Trinajstić information content (AvgIpc) is 2.99. The minimum atomic E-state index is -3.42. The molecule has 6 nitrogen and oxygen atoms in total. The molecule has 1 fully saturated rings. The van der Waals surface area contributed by atoms with Gasteiger partial charge in [0.05, 0.1) is 11.4 Å². The van der Waals surface area contributed by atoms with E-state index in [-0.39, 0.29) is 17.3 Å². The van der Waals surface area contributed by atoms with Crippen LogP contribution in [0.2, 0.25) is 0 Å². The van der Waals surface area contributed by atoms with Crippen molar-refractivity contribution in [2.45, 2.75) is 17.7 Å². The Morgan fingerprint density at radius 3 is 2.57 bits per heavy atom. The fraction of sp³-hybridized carbons (Fsp3) is 0.500. The minimum absolute atomic E-state index is 0.0668. The van der Waals surface area contributed by atoms with Crippen LogP contribution in [0.25, 0.3) is 0 Å². The Morgan fingerprint density at radius 2 is 1.95 bits per heavy atom. The largest absolute Gasteiger partial charge is 0.376 e. The number of hydrogen-bond acceptors (Lipinski definition) is 4. The number of benzene rings is 1. The lowest BCUT2D eigenvalue weighted by molar-refractivity contribution is -0.126. The molecular weight excluding hydrogens is 290 g/mol. The molecule has 1 aliphatic rings. The summed E-state index contributed by atoms with van der Waals surface area (Å²) in [6.07, 6.45) is 1.82. The van der Waals surface area contributed by atoms with E-state index < -0.39 is 10.0 Å². The third kappa shape index (κ3) is 3.74. The molecule has 1 N–H and O–H groups in total. The number of sulfonamides is 1. The number of carbonyl (C=O) groups is 1. The van der Waals surface area contributed by atoms with E-state index in [1.807, 2.05) is 0 Å². The highest BCUT2D eigenvalue weighted by atomic mass is 32.2. The summed E-state index contributed by atoms with van der Waals surface area (Å²) >= 11 is 0. The molecule has 1 saturated heterocycles. The van der Waals surface area contributed by atoms with Gasteiger partial charge in [0.2, 0.25) is 15.9 Å². The van der Waals surface area contributed by atoms with Crippen LogP contribution in [0.5, 0.6) is 0 Å². The minimum Gasteiger partial charge on any atom is -0.376 e. The Hall–Kier alpha value is -1.60. The van der Waals surface area contributed by atoms with Crippen molar-refractivity contribution in [2.24, 2.45) is 0 Å². The van der Waals surface area contributed by atoms with Gasteiger partial charge in [-0.15, -0.1) is 0 Å². The van der Waals surface area contributed by atoms with E-state index in [1.165, 1.54) is 9.21 Å². The van der Waals surface area contributed by atoms with Crippen LogP contribution in [0.4, 0.5) is 5.69 Å². The normalized spacial score (nSPS) is 15.9. The number of likely N-dealkylation sites (N-methyl/N-ethyl adjacent to an activating group) is 1. The van der Waals surface area contributed by atoms with E-state index in [1.54, 1.807) is 38.4 Å². The van der Waals surface area contributed by atoms with E-state index in [0.717, 1.165) is 12.8 Å². The number of amides is 1. The Morgan fingerprint density at radius 1 is 1.29 bits per heavy atom. The van der Waals surface area contributed by atoms with Crippen LogP contribution < -0.4 is 5.32 Å². The molecule has 0 saturated carbocycles. The number of nitrogens with one attached hydrogen (secondary N) is 1. The van der Waals surface area contributed by atoms with Crippen molar-refractivity contribution < 1.29 is 13.2 Å². The molecule has 2 rings (SSSR count). The molecular formula is C14H21N3O3S. The van der Waals surface area contributed by atoms with Crippen LogP contribution in [0, 0.1) is 0 Å². The SMILES string of the molecule is CN(C)C(=O)CNc1cccc(S(=O)(=O)N2CCCC2)c1. The van der Waals surface area contributed by atoms with Crippen LogP contribution in [-0.4, -0.2) is 57.3 Å². The van der Waals surface area contributed by atoms with Gasteiger partial charge in [0, 0.05) is 32.9 Å². The van der Waals surface area contributed by atoms with Gasteiger partial charge in [0.15, 0.2) is 0 Å². The number of rotatable bonds is 5. The van der Waals surface area contributed by atoms with Gasteiger partial charge in [-0.1, -0.05) is 6.07 Å². The number of hydrogen-bond donors (Lipinski definition) is 1. The van der Waals surface area contributed by atoms with Gasteiger partial charge >= 0.3 is 0 Å². The smallest absolute Gasteiger partial charge is 0.243 e. The fourth-order valence-corrected chi connectivity index (χ4v) is 3.74. The molecule has 1 heterocycles. The van der Waals surface area contributed by atoms with Crippen LogP contribution in [0.3, 0.4) is 0 Å².